The van der Waals surface area contributed by atoms with Gasteiger partial charge in [0.1, 0.15) is 12.6 Å². The molecule has 11 heteroatoms. The zero-order valence-corrected chi connectivity index (χ0v) is 24.0. The van der Waals surface area contributed by atoms with Gasteiger partial charge in [-0.1, -0.05) is 37.3 Å². The van der Waals surface area contributed by atoms with Gasteiger partial charge >= 0.3 is 6.09 Å². The molecule has 1 atom stereocenters. The molecule has 0 spiro atoms. The summed E-state index contributed by atoms with van der Waals surface area (Å²) in [6, 6.07) is 15.8. The number of anilines is 2. The van der Waals surface area contributed by atoms with Crippen LogP contribution in [0.25, 0.3) is 0 Å². The van der Waals surface area contributed by atoms with Gasteiger partial charge in [0, 0.05) is 43.3 Å². The molecule has 10 nitrogen and oxygen atoms in total. The minimum Gasteiger partial charge on any atom is -0.445 e. The summed E-state index contributed by atoms with van der Waals surface area (Å²) in [6.45, 7) is 5.77. The van der Waals surface area contributed by atoms with Crippen LogP contribution in [-0.4, -0.2) is 83.2 Å². The van der Waals surface area contributed by atoms with Crippen LogP contribution in [-0.2, 0) is 20.9 Å². The SMILES string of the molecule is CCCN(C(=O)c1ccc(N(C(=O)C2CCCN2C(=O)OCc2ccccc2)c2nccs2)cc1)N1CCOCC1. The largest absolute Gasteiger partial charge is 0.445 e. The zero-order valence-electron chi connectivity index (χ0n) is 23.2. The number of ether oxygens (including phenoxy) is 2. The topological polar surface area (TPSA) is 95.5 Å². The van der Waals surface area contributed by atoms with Gasteiger partial charge in [-0.25, -0.2) is 14.8 Å². The first-order valence-electron chi connectivity index (χ1n) is 14.0. The minimum atomic E-state index is -0.676. The van der Waals surface area contributed by atoms with E-state index < -0.39 is 12.1 Å². The molecule has 2 aliphatic rings. The van der Waals surface area contributed by atoms with Crippen molar-refractivity contribution in [2.45, 2.75) is 38.8 Å². The van der Waals surface area contributed by atoms with E-state index >= 15 is 0 Å². The van der Waals surface area contributed by atoms with Crippen molar-refractivity contribution >= 4 is 40.1 Å². The Labute approximate surface area is 244 Å². The molecule has 2 fully saturated rings. The third-order valence-corrected chi connectivity index (χ3v) is 7.94. The molecule has 2 saturated heterocycles. The maximum Gasteiger partial charge on any atom is 0.410 e. The molecule has 3 amide bonds. The van der Waals surface area contributed by atoms with Gasteiger partial charge in [0.15, 0.2) is 5.13 Å². The van der Waals surface area contributed by atoms with Gasteiger partial charge in [0.2, 0.25) is 0 Å². The Hall–Kier alpha value is -3.80. The molecule has 2 aromatic carbocycles. The van der Waals surface area contributed by atoms with E-state index in [-0.39, 0.29) is 18.4 Å². The first-order chi connectivity index (χ1) is 20.1. The highest BCUT2D eigenvalue weighted by molar-refractivity contribution is 7.13. The third-order valence-electron chi connectivity index (χ3n) is 7.18. The number of amides is 3. The maximum atomic E-state index is 14.0. The number of aromatic nitrogens is 1. The summed E-state index contributed by atoms with van der Waals surface area (Å²) in [7, 11) is 0. The van der Waals surface area contributed by atoms with E-state index in [0.717, 1.165) is 12.0 Å². The average molecular weight is 578 g/mol. The lowest BCUT2D eigenvalue weighted by molar-refractivity contribution is -0.121. The number of nitrogens with zero attached hydrogens (tertiary/aromatic N) is 5. The molecule has 0 saturated carbocycles. The van der Waals surface area contributed by atoms with Crippen LogP contribution in [0.2, 0.25) is 0 Å². The van der Waals surface area contributed by atoms with Gasteiger partial charge in [-0.2, -0.15) is 0 Å². The molecule has 1 unspecified atom stereocenters. The Kier molecular flexibility index (Phi) is 9.60. The maximum absolute atomic E-state index is 14.0. The average Bonchev–Trinajstić information content (AvgIpc) is 3.73. The molecule has 3 heterocycles. The Balaban J connectivity index is 1.33. The van der Waals surface area contributed by atoms with Crippen LogP contribution in [0.5, 0.6) is 0 Å². The highest BCUT2D eigenvalue weighted by Gasteiger charge is 2.39. The number of hydrogen-bond acceptors (Lipinski definition) is 8. The number of rotatable bonds is 9. The van der Waals surface area contributed by atoms with E-state index in [2.05, 4.69) is 4.98 Å². The van der Waals surface area contributed by atoms with Crippen LogP contribution < -0.4 is 4.90 Å². The Morgan fingerprint density at radius 2 is 1.80 bits per heavy atom. The summed E-state index contributed by atoms with van der Waals surface area (Å²) in [5.74, 6) is -0.343. The van der Waals surface area contributed by atoms with Gasteiger partial charge < -0.3 is 9.47 Å². The molecule has 216 valence electrons. The fourth-order valence-corrected chi connectivity index (χ4v) is 5.80. The Morgan fingerprint density at radius 1 is 1.05 bits per heavy atom. The van der Waals surface area contributed by atoms with Crippen LogP contribution in [0.1, 0.15) is 42.1 Å². The quantitative estimate of drug-likeness (QED) is 0.364. The highest BCUT2D eigenvalue weighted by atomic mass is 32.1. The number of benzene rings is 2. The fourth-order valence-electron chi connectivity index (χ4n) is 5.13. The fraction of sp³-hybridized carbons (Fsp3) is 0.400. The number of likely N-dealkylation sites (tertiary alicyclic amines) is 1. The second kappa shape index (κ2) is 13.7. The predicted octanol–water partition coefficient (Wildman–Crippen LogP) is 4.71. The first kappa shape index (κ1) is 28.7. The van der Waals surface area contributed by atoms with Crippen molar-refractivity contribution in [1.82, 2.24) is 19.9 Å². The van der Waals surface area contributed by atoms with Crippen LogP contribution in [0.4, 0.5) is 15.6 Å². The minimum absolute atomic E-state index is 0.0874. The van der Waals surface area contributed by atoms with Crippen molar-refractivity contribution in [1.29, 1.82) is 0 Å². The lowest BCUT2D eigenvalue weighted by Gasteiger charge is -2.37. The van der Waals surface area contributed by atoms with E-state index in [9.17, 15) is 14.4 Å². The van der Waals surface area contributed by atoms with Crippen LogP contribution >= 0.6 is 11.3 Å². The summed E-state index contributed by atoms with van der Waals surface area (Å²) in [6.07, 6.45) is 3.19. The van der Waals surface area contributed by atoms with Crippen molar-refractivity contribution in [2.75, 3.05) is 44.3 Å². The molecule has 0 aliphatic carbocycles. The molecule has 2 aliphatic heterocycles. The second-order valence-corrected chi connectivity index (χ2v) is 10.8. The number of carbonyl (C=O) groups is 3. The number of morpholine rings is 1. The van der Waals surface area contributed by atoms with Gasteiger partial charge in [-0.15, -0.1) is 11.3 Å². The number of carbonyl (C=O) groups excluding carboxylic acids is 3. The van der Waals surface area contributed by atoms with Crippen molar-refractivity contribution in [3.05, 3.63) is 77.3 Å². The summed E-state index contributed by atoms with van der Waals surface area (Å²) in [5, 5.41) is 6.14. The smallest absolute Gasteiger partial charge is 0.410 e. The molecule has 1 aromatic heterocycles. The first-order valence-corrected chi connectivity index (χ1v) is 14.9. The number of hydrogen-bond donors (Lipinski definition) is 0. The normalized spacial score (nSPS) is 17.3. The lowest BCUT2D eigenvalue weighted by Crippen LogP contribution is -2.51. The summed E-state index contributed by atoms with van der Waals surface area (Å²) in [5.41, 5.74) is 2.00. The molecule has 0 N–H and O–H groups in total. The predicted molar refractivity (Wildman–Crippen MR) is 156 cm³/mol. The highest BCUT2D eigenvalue weighted by Crippen LogP contribution is 2.32. The van der Waals surface area contributed by atoms with Crippen molar-refractivity contribution in [3.63, 3.8) is 0 Å². The molecular formula is C30H35N5O5S. The van der Waals surface area contributed by atoms with Crippen molar-refractivity contribution < 1.29 is 23.9 Å². The zero-order chi connectivity index (χ0) is 28.6. The van der Waals surface area contributed by atoms with E-state index in [4.69, 9.17) is 9.47 Å². The Morgan fingerprint density at radius 3 is 2.49 bits per heavy atom. The molecule has 0 bridgehead atoms. The molecule has 41 heavy (non-hydrogen) atoms. The molecular weight excluding hydrogens is 542 g/mol. The summed E-state index contributed by atoms with van der Waals surface area (Å²) in [4.78, 5) is 47.9. The van der Waals surface area contributed by atoms with Gasteiger partial charge in [0.25, 0.3) is 11.8 Å². The standard InChI is InChI=1S/C30H35N5O5S/c1-2-15-34(32-17-19-39-20-18-32)27(36)24-10-12-25(13-11-24)35(29-31-14-21-41-29)28(37)26-9-6-16-33(26)30(38)40-22-23-7-4-3-5-8-23/h3-5,7-8,10-14,21,26H,2,6,9,15-20,22H2,1H3. The molecule has 0 radical (unpaired) electrons. The van der Waals surface area contributed by atoms with Gasteiger partial charge in [-0.3, -0.25) is 24.4 Å². The summed E-state index contributed by atoms with van der Waals surface area (Å²) >= 11 is 1.34. The van der Waals surface area contributed by atoms with Crippen molar-refractivity contribution in [3.8, 4) is 0 Å². The van der Waals surface area contributed by atoms with E-state index in [1.54, 1.807) is 40.9 Å². The van der Waals surface area contributed by atoms with Crippen LogP contribution in [0.15, 0.2) is 66.2 Å². The monoisotopic (exact) mass is 577 g/mol. The van der Waals surface area contributed by atoms with Crippen LogP contribution in [0.3, 0.4) is 0 Å². The van der Waals surface area contributed by atoms with Gasteiger partial charge in [0.05, 0.1) is 18.9 Å². The van der Waals surface area contributed by atoms with E-state index in [0.29, 0.717) is 68.6 Å². The van der Waals surface area contributed by atoms with E-state index in [1.807, 2.05) is 42.3 Å². The Bertz CT molecular complexity index is 1300. The van der Waals surface area contributed by atoms with Crippen LogP contribution in [0, 0.1) is 0 Å². The summed E-state index contributed by atoms with van der Waals surface area (Å²) < 4.78 is 11.0. The molecule has 3 aromatic rings. The van der Waals surface area contributed by atoms with Crippen molar-refractivity contribution in [2.24, 2.45) is 0 Å². The number of thiazole rings is 1. The van der Waals surface area contributed by atoms with E-state index in [1.165, 1.54) is 21.1 Å². The second-order valence-electron chi connectivity index (χ2n) is 9.92. The molecule has 5 rings (SSSR count). The third kappa shape index (κ3) is 6.75. The van der Waals surface area contributed by atoms with Gasteiger partial charge in [-0.05, 0) is 49.1 Å². The number of hydrazine groups is 1. The lowest BCUT2D eigenvalue weighted by atomic mass is 10.1.